The second-order valence-electron chi connectivity index (χ2n) is 5.46. The van der Waals surface area contributed by atoms with Crippen LogP contribution < -0.4 is 14.8 Å². The van der Waals surface area contributed by atoms with Crippen molar-refractivity contribution in [2.75, 3.05) is 19.5 Å². The summed E-state index contributed by atoms with van der Waals surface area (Å²) < 4.78 is 10.4. The summed E-state index contributed by atoms with van der Waals surface area (Å²) in [4.78, 5) is 27.7. The van der Waals surface area contributed by atoms with Crippen molar-refractivity contribution in [3.8, 4) is 11.5 Å². The number of anilines is 1. The molecule has 1 aromatic heterocycles. The van der Waals surface area contributed by atoms with Gasteiger partial charge < -0.3 is 19.9 Å². The van der Waals surface area contributed by atoms with Crippen molar-refractivity contribution in [3.05, 3.63) is 34.8 Å². The zero-order chi connectivity index (χ0) is 18.4. The van der Waals surface area contributed by atoms with Gasteiger partial charge in [-0.2, -0.15) is 0 Å². The van der Waals surface area contributed by atoms with Gasteiger partial charge in [0, 0.05) is 17.7 Å². The lowest BCUT2D eigenvalue weighted by molar-refractivity contribution is -0.137. The fourth-order valence-corrected chi connectivity index (χ4v) is 3.14. The number of carbonyl (C=O) groups is 2. The highest BCUT2D eigenvalue weighted by Crippen LogP contribution is 2.33. The maximum Gasteiger partial charge on any atom is 0.303 e. The first-order valence-electron chi connectivity index (χ1n) is 7.58. The van der Waals surface area contributed by atoms with Gasteiger partial charge in [-0.25, -0.2) is 4.98 Å². The summed E-state index contributed by atoms with van der Waals surface area (Å²) in [6, 6.07) is 5.15. The summed E-state index contributed by atoms with van der Waals surface area (Å²) in [5.74, 6) is -0.708. The number of aromatic nitrogens is 1. The third-order valence-corrected chi connectivity index (χ3v) is 4.47. The number of aryl methyl sites for hydroxylation is 1. The van der Waals surface area contributed by atoms with Gasteiger partial charge in [0.2, 0.25) is 5.91 Å². The summed E-state index contributed by atoms with van der Waals surface area (Å²) in [6.45, 7) is 1.84. The van der Waals surface area contributed by atoms with E-state index in [9.17, 15) is 14.7 Å². The zero-order valence-corrected chi connectivity index (χ0v) is 15.1. The highest BCUT2D eigenvalue weighted by Gasteiger charge is 2.21. The molecule has 0 aliphatic rings. The molecule has 0 saturated carbocycles. The number of nitrogens with zero attached hydrogens (tertiary/aromatic N) is 1. The lowest BCUT2D eigenvalue weighted by atomic mass is 9.92. The second-order valence-corrected chi connectivity index (χ2v) is 6.31. The first kappa shape index (κ1) is 18.7. The zero-order valence-electron chi connectivity index (χ0n) is 14.2. The van der Waals surface area contributed by atoms with Gasteiger partial charge >= 0.3 is 5.97 Å². The molecular weight excluding hydrogens is 344 g/mol. The number of rotatable bonds is 8. The van der Waals surface area contributed by atoms with E-state index in [4.69, 9.17) is 9.47 Å². The monoisotopic (exact) mass is 364 g/mol. The van der Waals surface area contributed by atoms with E-state index in [0.717, 1.165) is 5.69 Å². The van der Waals surface area contributed by atoms with Crippen molar-refractivity contribution >= 4 is 28.3 Å². The maximum atomic E-state index is 12.3. The molecule has 25 heavy (non-hydrogen) atoms. The van der Waals surface area contributed by atoms with Crippen LogP contribution in [0.1, 0.15) is 30.0 Å². The summed E-state index contributed by atoms with van der Waals surface area (Å²) in [6.07, 6.45) is -0.139. The fourth-order valence-electron chi connectivity index (χ4n) is 2.43. The molecule has 0 bridgehead atoms. The Balaban J connectivity index is 2.17. The Morgan fingerprint density at radius 2 is 1.96 bits per heavy atom. The number of amides is 1. The molecular formula is C17H20N2O5S. The Hall–Kier alpha value is -2.61. The SMILES string of the molecule is COc1ccc(C(CC(=O)O)CC(=O)Nc2nc(C)cs2)cc1OC. The molecule has 1 unspecified atom stereocenters. The molecule has 1 atom stereocenters. The Morgan fingerprint density at radius 1 is 1.24 bits per heavy atom. The molecule has 0 spiro atoms. The largest absolute Gasteiger partial charge is 0.493 e. The van der Waals surface area contributed by atoms with E-state index in [1.165, 1.54) is 25.6 Å². The minimum atomic E-state index is -0.974. The Bertz CT molecular complexity index is 759. The van der Waals surface area contributed by atoms with Gasteiger partial charge in [0.05, 0.1) is 26.3 Å². The fraction of sp³-hybridized carbons (Fsp3) is 0.353. The summed E-state index contributed by atoms with van der Waals surface area (Å²) in [5.41, 5.74) is 1.52. The third-order valence-electron chi connectivity index (χ3n) is 3.60. The van der Waals surface area contributed by atoms with Crippen molar-refractivity contribution in [2.45, 2.75) is 25.7 Å². The highest BCUT2D eigenvalue weighted by molar-refractivity contribution is 7.13. The summed E-state index contributed by atoms with van der Waals surface area (Å²) >= 11 is 1.33. The quantitative estimate of drug-likeness (QED) is 0.747. The van der Waals surface area contributed by atoms with Crippen LogP contribution in [0.4, 0.5) is 5.13 Å². The molecule has 1 aromatic carbocycles. The van der Waals surface area contributed by atoms with E-state index in [1.54, 1.807) is 18.2 Å². The van der Waals surface area contributed by atoms with Crippen molar-refractivity contribution in [3.63, 3.8) is 0 Å². The molecule has 1 heterocycles. The predicted molar refractivity (Wildman–Crippen MR) is 94.6 cm³/mol. The molecule has 0 saturated heterocycles. The molecule has 0 radical (unpaired) electrons. The lowest BCUT2D eigenvalue weighted by Gasteiger charge is -2.17. The summed E-state index contributed by atoms with van der Waals surface area (Å²) in [7, 11) is 3.03. The van der Waals surface area contributed by atoms with Crippen LogP contribution in [0.2, 0.25) is 0 Å². The van der Waals surface area contributed by atoms with E-state index in [-0.39, 0.29) is 18.7 Å². The number of carboxylic acids is 1. The van der Waals surface area contributed by atoms with Crippen molar-refractivity contribution in [1.82, 2.24) is 4.98 Å². The van der Waals surface area contributed by atoms with Gasteiger partial charge in [-0.1, -0.05) is 6.07 Å². The summed E-state index contributed by atoms with van der Waals surface area (Å²) in [5, 5.41) is 14.2. The van der Waals surface area contributed by atoms with Crippen LogP contribution in [0.3, 0.4) is 0 Å². The predicted octanol–water partition coefficient (Wildman–Crippen LogP) is 3.06. The molecule has 0 fully saturated rings. The molecule has 0 aliphatic heterocycles. The average Bonchev–Trinajstić information content (AvgIpc) is 2.97. The number of hydrogen-bond acceptors (Lipinski definition) is 6. The number of methoxy groups -OCH3 is 2. The van der Waals surface area contributed by atoms with E-state index in [1.807, 2.05) is 12.3 Å². The first-order chi connectivity index (χ1) is 11.9. The lowest BCUT2D eigenvalue weighted by Crippen LogP contribution is -2.17. The van der Waals surface area contributed by atoms with Crippen LogP contribution in [0.25, 0.3) is 0 Å². The molecule has 8 heteroatoms. The number of nitrogens with one attached hydrogen (secondary N) is 1. The number of benzene rings is 1. The number of carbonyl (C=O) groups excluding carboxylic acids is 1. The van der Waals surface area contributed by atoms with E-state index in [2.05, 4.69) is 10.3 Å². The van der Waals surface area contributed by atoms with Gasteiger partial charge in [-0.05, 0) is 24.6 Å². The number of hydrogen-bond donors (Lipinski definition) is 2. The third kappa shape index (κ3) is 5.18. The van der Waals surface area contributed by atoms with Crippen LogP contribution in [0.15, 0.2) is 23.6 Å². The number of aliphatic carboxylic acids is 1. The normalized spacial score (nSPS) is 11.6. The van der Waals surface area contributed by atoms with Crippen molar-refractivity contribution in [1.29, 1.82) is 0 Å². The van der Waals surface area contributed by atoms with Crippen LogP contribution in [0.5, 0.6) is 11.5 Å². The van der Waals surface area contributed by atoms with Crippen molar-refractivity contribution in [2.24, 2.45) is 0 Å². The van der Waals surface area contributed by atoms with Gasteiger partial charge in [-0.3, -0.25) is 9.59 Å². The second kappa shape index (κ2) is 8.48. The van der Waals surface area contributed by atoms with Gasteiger partial charge in [0.15, 0.2) is 16.6 Å². The van der Waals surface area contributed by atoms with Crippen LogP contribution in [-0.4, -0.2) is 36.2 Å². The molecule has 1 amide bonds. The van der Waals surface area contributed by atoms with Crippen LogP contribution >= 0.6 is 11.3 Å². The average molecular weight is 364 g/mol. The van der Waals surface area contributed by atoms with E-state index >= 15 is 0 Å². The Morgan fingerprint density at radius 3 is 2.52 bits per heavy atom. The standard InChI is InChI=1S/C17H20N2O5S/c1-10-9-25-17(18-10)19-15(20)7-12(8-16(21)22)11-4-5-13(23-2)14(6-11)24-3/h4-6,9,12H,7-8H2,1-3H3,(H,21,22)(H,18,19,20). The van der Waals surface area contributed by atoms with Gasteiger partial charge in [-0.15, -0.1) is 11.3 Å². The topological polar surface area (TPSA) is 97.8 Å². The minimum absolute atomic E-state index is 0.0282. The number of carboxylic acid groups (broad SMARTS) is 1. The van der Waals surface area contributed by atoms with E-state index in [0.29, 0.717) is 22.2 Å². The molecule has 7 nitrogen and oxygen atoms in total. The molecule has 134 valence electrons. The van der Waals surface area contributed by atoms with Gasteiger partial charge in [0.1, 0.15) is 0 Å². The molecule has 2 N–H and O–H groups in total. The van der Waals surface area contributed by atoms with Gasteiger partial charge in [0.25, 0.3) is 0 Å². The van der Waals surface area contributed by atoms with Crippen molar-refractivity contribution < 1.29 is 24.2 Å². The molecule has 2 rings (SSSR count). The maximum absolute atomic E-state index is 12.3. The Kier molecular flexibility index (Phi) is 6.35. The first-order valence-corrected chi connectivity index (χ1v) is 8.46. The smallest absolute Gasteiger partial charge is 0.303 e. The van der Waals surface area contributed by atoms with Crippen LogP contribution in [0, 0.1) is 6.92 Å². The van der Waals surface area contributed by atoms with Crippen LogP contribution in [-0.2, 0) is 9.59 Å². The number of thiazole rings is 1. The molecule has 2 aromatic rings. The minimum Gasteiger partial charge on any atom is -0.493 e. The highest BCUT2D eigenvalue weighted by atomic mass is 32.1. The number of ether oxygens (including phenoxy) is 2. The molecule has 0 aliphatic carbocycles. The van der Waals surface area contributed by atoms with E-state index < -0.39 is 11.9 Å². The Labute approximate surface area is 149 Å².